The standard InChI is InChI=1S/C18H26N4O3/c1-12(2)19-15(23)10-21(5)11-16(24)22-14-9-7-6-8-13(14)20-17(25)18(22,3)4/h6-9,12H,10-11H2,1-5H3,(H,19,23)(H,20,25). The minimum absolute atomic E-state index is 0.0383. The van der Waals surface area contributed by atoms with Crippen molar-refractivity contribution in [2.75, 3.05) is 30.4 Å². The number of rotatable bonds is 5. The van der Waals surface area contributed by atoms with Crippen LogP contribution in [0.25, 0.3) is 0 Å². The van der Waals surface area contributed by atoms with Crippen LogP contribution in [0.5, 0.6) is 0 Å². The number of hydrogen-bond acceptors (Lipinski definition) is 4. The predicted molar refractivity (Wildman–Crippen MR) is 97.4 cm³/mol. The number of amides is 3. The number of carbonyl (C=O) groups excluding carboxylic acids is 3. The second kappa shape index (κ2) is 7.23. The summed E-state index contributed by atoms with van der Waals surface area (Å²) < 4.78 is 0. The van der Waals surface area contributed by atoms with Crippen molar-refractivity contribution in [3.63, 3.8) is 0 Å². The molecule has 1 aromatic rings. The van der Waals surface area contributed by atoms with Gasteiger partial charge in [-0.25, -0.2) is 0 Å². The molecule has 0 atom stereocenters. The summed E-state index contributed by atoms with van der Waals surface area (Å²) in [4.78, 5) is 40.3. The van der Waals surface area contributed by atoms with Gasteiger partial charge in [0.1, 0.15) is 5.54 Å². The van der Waals surface area contributed by atoms with E-state index in [1.165, 1.54) is 4.90 Å². The molecule has 1 aromatic carbocycles. The van der Waals surface area contributed by atoms with E-state index in [1.54, 1.807) is 37.9 Å². The summed E-state index contributed by atoms with van der Waals surface area (Å²) in [6.07, 6.45) is 0. The van der Waals surface area contributed by atoms with E-state index in [0.29, 0.717) is 11.4 Å². The Hall–Kier alpha value is -2.41. The third kappa shape index (κ3) is 4.17. The first kappa shape index (κ1) is 18.9. The van der Waals surface area contributed by atoms with Gasteiger partial charge < -0.3 is 10.6 Å². The molecule has 0 saturated heterocycles. The number of likely N-dealkylation sites (N-methyl/N-ethyl adjacent to an activating group) is 1. The van der Waals surface area contributed by atoms with Crippen LogP contribution in [0.1, 0.15) is 27.7 Å². The lowest BCUT2D eigenvalue weighted by Crippen LogP contribution is -2.60. The third-order valence-corrected chi connectivity index (χ3v) is 4.03. The zero-order chi connectivity index (χ0) is 18.8. The summed E-state index contributed by atoms with van der Waals surface area (Å²) in [5.41, 5.74) is 0.268. The lowest BCUT2D eigenvalue weighted by molar-refractivity contribution is -0.128. The van der Waals surface area contributed by atoms with Gasteiger partial charge in [0, 0.05) is 6.04 Å². The first-order valence-electron chi connectivity index (χ1n) is 8.34. The number of carbonyl (C=O) groups is 3. The highest BCUT2D eigenvalue weighted by Gasteiger charge is 2.43. The second-order valence-electron chi connectivity index (χ2n) is 7.15. The van der Waals surface area contributed by atoms with Crippen molar-refractivity contribution in [3.8, 4) is 0 Å². The van der Waals surface area contributed by atoms with Crippen LogP contribution < -0.4 is 15.5 Å². The predicted octanol–water partition coefficient (Wildman–Crippen LogP) is 1.21. The van der Waals surface area contributed by atoms with Crippen molar-refractivity contribution in [1.82, 2.24) is 10.2 Å². The van der Waals surface area contributed by atoms with E-state index < -0.39 is 5.54 Å². The molecule has 0 radical (unpaired) electrons. The largest absolute Gasteiger partial charge is 0.353 e. The van der Waals surface area contributed by atoms with E-state index in [1.807, 2.05) is 26.0 Å². The van der Waals surface area contributed by atoms with Crippen LogP contribution in [-0.4, -0.2) is 54.3 Å². The van der Waals surface area contributed by atoms with Crippen LogP contribution >= 0.6 is 0 Å². The van der Waals surface area contributed by atoms with E-state index in [4.69, 9.17) is 0 Å². The Bertz CT molecular complexity index is 685. The second-order valence-corrected chi connectivity index (χ2v) is 7.15. The van der Waals surface area contributed by atoms with Crippen LogP contribution in [0.2, 0.25) is 0 Å². The number of nitrogens with zero attached hydrogens (tertiary/aromatic N) is 2. The molecule has 1 aliphatic heterocycles. The van der Waals surface area contributed by atoms with Crippen molar-refractivity contribution in [2.24, 2.45) is 0 Å². The van der Waals surface area contributed by atoms with E-state index >= 15 is 0 Å². The molecule has 0 fully saturated rings. The minimum atomic E-state index is -1.01. The first-order chi connectivity index (χ1) is 11.6. The molecule has 2 rings (SSSR count). The van der Waals surface area contributed by atoms with Gasteiger partial charge in [-0.2, -0.15) is 0 Å². The monoisotopic (exact) mass is 346 g/mol. The maximum Gasteiger partial charge on any atom is 0.250 e. The molecule has 2 N–H and O–H groups in total. The van der Waals surface area contributed by atoms with E-state index in [9.17, 15) is 14.4 Å². The Kier molecular flexibility index (Phi) is 5.47. The smallest absolute Gasteiger partial charge is 0.250 e. The van der Waals surface area contributed by atoms with Gasteiger partial charge in [0.25, 0.3) is 0 Å². The molecule has 136 valence electrons. The van der Waals surface area contributed by atoms with Crippen molar-refractivity contribution in [3.05, 3.63) is 24.3 Å². The van der Waals surface area contributed by atoms with Crippen LogP contribution in [0, 0.1) is 0 Å². The molecule has 25 heavy (non-hydrogen) atoms. The van der Waals surface area contributed by atoms with E-state index in [2.05, 4.69) is 10.6 Å². The molecule has 1 heterocycles. The molecule has 1 aliphatic rings. The fraction of sp³-hybridized carbons (Fsp3) is 0.500. The zero-order valence-electron chi connectivity index (χ0n) is 15.4. The summed E-state index contributed by atoms with van der Waals surface area (Å²) in [7, 11) is 1.71. The first-order valence-corrected chi connectivity index (χ1v) is 8.34. The molecule has 7 heteroatoms. The van der Waals surface area contributed by atoms with Gasteiger partial charge >= 0.3 is 0 Å². The molecular weight excluding hydrogens is 320 g/mol. The summed E-state index contributed by atoms with van der Waals surface area (Å²) in [5.74, 6) is -0.603. The quantitative estimate of drug-likeness (QED) is 0.840. The summed E-state index contributed by atoms with van der Waals surface area (Å²) in [6, 6.07) is 7.25. The summed E-state index contributed by atoms with van der Waals surface area (Å²) in [6.45, 7) is 7.34. The average molecular weight is 346 g/mol. The highest BCUT2D eigenvalue weighted by atomic mass is 16.2. The number of nitrogens with one attached hydrogen (secondary N) is 2. The zero-order valence-corrected chi connectivity index (χ0v) is 15.4. The van der Waals surface area contributed by atoms with Crippen LogP contribution in [0.15, 0.2) is 24.3 Å². The van der Waals surface area contributed by atoms with Gasteiger partial charge in [-0.15, -0.1) is 0 Å². The van der Waals surface area contributed by atoms with Crippen LogP contribution in [0.3, 0.4) is 0 Å². The summed E-state index contributed by atoms with van der Waals surface area (Å²) in [5, 5.41) is 5.63. The lowest BCUT2D eigenvalue weighted by atomic mass is 9.96. The Balaban J connectivity index is 2.17. The molecule has 7 nitrogen and oxygen atoms in total. The Morgan fingerprint density at radius 2 is 1.88 bits per heavy atom. The number of benzene rings is 1. The Morgan fingerprint density at radius 3 is 2.52 bits per heavy atom. The Morgan fingerprint density at radius 1 is 1.24 bits per heavy atom. The van der Waals surface area contributed by atoms with Gasteiger partial charge in [0.2, 0.25) is 17.7 Å². The van der Waals surface area contributed by atoms with Crippen molar-refractivity contribution in [1.29, 1.82) is 0 Å². The number of hydrogen-bond donors (Lipinski definition) is 2. The molecule has 0 bridgehead atoms. The highest BCUT2D eigenvalue weighted by molar-refractivity contribution is 6.14. The maximum atomic E-state index is 12.9. The highest BCUT2D eigenvalue weighted by Crippen LogP contribution is 2.36. The van der Waals surface area contributed by atoms with Gasteiger partial charge in [-0.05, 0) is 46.9 Å². The maximum absolute atomic E-state index is 12.9. The topological polar surface area (TPSA) is 81.8 Å². The normalized spacial score (nSPS) is 15.8. The lowest BCUT2D eigenvalue weighted by Gasteiger charge is -2.42. The van der Waals surface area contributed by atoms with Crippen LogP contribution in [0.4, 0.5) is 11.4 Å². The van der Waals surface area contributed by atoms with Gasteiger partial charge in [-0.3, -0.25) is 24.2 Å². The van der Waals surface area contributed by atoms with E-state index in [-0.39, 0.29) is 36.9 Å². The number of anilines is 2. The Labute approximate surface area is 148 Å². The average Bonchev–Trinajstić information content (AvgIpc) is 2.46. The molecular formula is C18H26N4O3. The number of para-hydroxylation sites is 2. The van der Waals surface area contributed by atoms with Gasteiger partial charge in [-0.1, -0.05) is 12.1 Å². The molecule has 0 aliphatic carbocycles. The molecule has 0 unspecified atom stereocenters. The third-order valence-electron chi connectivity index (χ3n) is 4.03. The van der Waals surface area contributed by atoms with Crippen LogP contribution in [-0.2, 0) is 14.4 Å². The van der Waals surface area contributed by atoms with Gasteiger partial charge in [0.05, 0.1) is 24.5 Å². The minimum Gasteiger partial charge on any atom is -0.353 e. The number of fused-ring (bicyclic) bond motifs is 1. The molecule has 0 aromatic heterocycles. The van der Waals surface area contributed by atoms with Crippen molar-refractivity contribution < 1.29 is 14.4 Å². The van der Waals surface area contributed by atoms with E-state index in [0.717, 1.165) is 0 Å². The fourth-order valence-corrected chi connectivity index (χ4v) is 2.87. The molecule has 0 spiro atoms. The van der Waals surface area contributed by atoms with Crippen molar-refractivity contribution >= 4 is 29.1 Å². The fourth-order valence-electron chi connectivity index (χ4n) is 2.87. The van der Waals surface area contributed by atoms with Crippen molar-refractivity contribution in [2.45, 2.75) is 39.3 Å². The molecule has 0 saturated carbocycles. The molecule has 3 amide bonds. The van der Waals surface area contributed by atoms with Gasteiger partial charge in [0.15, 0.2) is 0 Å². The SMILES string of the molecule is CC(C)NC(=O)CN(C)CC(=O)N1c2ccccc2NC(=O)C1(C)C. The summed E-state index contributed by atoms with van der Waals surface area (Å²) >= 11 is 0.